The molecule has 2 aromatic carbocycles. The molecule has 0 radical (unpaired) electrons. The number of rotatable bonds is 8. The van der Waals surface area contributed by atoms with E-state index >= 15 is 0 Å². The highest BCUT2D eigenvalue weighted by Crippen LogP contribution is 2.40. The predicted molar refractivity (Wildman–Crippen MR) is 109 cm³/mol. The number of halogens is 1. The fourth-order valence-corrected chi connectivity index (χ4v) is 3.80. The van der Waals surface area contributed by atoms with E-state index in [1.165, 1.54) is 6.07 Å². The molecular formula is C22H26FN3O2. The first kappa shape index (κ1) is 20.2. The summed E-state index contributed by atoms with van der Waals surface area (Å²) in [5.74, 6) is -0.477. The Morgan fingerprint density at radius 2 is 2.04 bits per heavy atom. The third kappa shape index (κ3) is 3.70. The number of carbonyl (C=O) groups is 1. The lowest BCUT2D eigenvalue weighted by atomic mass is 9.71. The van der Waals surface area contributed by atoms with Crippen LogP contribution < -0.4 is 10.7 Å². The number of aliphatic hydroxyl groups excluding tert-OH is 1. The van der Waals surface area contributed by atoms with Crippen molar-refractivity contribution in [3.63, 3.8) is 0 Å². The molecule has 1 aliphatic heterocycles. The lowest BCUT2D eigenvalue weighted by Crippen LogP contribution is -2.42. The summed E-state index contributed by atoms with van der Waals surface area (Å²) in [4.78, 5) is 12.8. The molecule has 1 atom stereocenters. The van der Waals surface area contributed by atoms with Gasteiger partial charge in [-0.25, -0.2) is 4.39 Å². The molecule has 0 bridgehead atoms. The number of nitrogens with two attached hydrogens (primary N) is 1. The fraction of sp³-hybridized carbons (Fsp3) is 0.364. The zero-order chi connectivity index (χ0) is 20.1. The van der Waals surface area contributed by atoms with Crippen molar-refractivity contribution in [1.29, 1.82) is 0 Å². The maximum Gasteiger partial charge on any atom is 0.179 e. The van der Waals surface area contributed by atoms with E-state index in [1.54, 1.807) is 24.1 Å². The van der Waals surface area contributed by atoms with E-state index in [4.69, 9.17) is 5.73 Å². The van der Waals surface area contributed by atoms with Gasteiger partial charge in [0.2, 0.25) is 0 Å². The molecular weight excluding hydrogens is 357 g/mol. The Morgan fingerprint density at radius 1 is 1.29 bits per heavy atom. The van der Waals surface area contributed by atoms with Gasteiger partial charge < -0.3 is 10.8 Å². The van der Waals surface area contributed by atoms with Crippen molar-refractivity contribution in [2.45, 2.75) is 38.1 Å². The van der Waals surface area contributed by atoms with Crippen LogP contribution in [0.1, 0.15) is 37.3 Å². The number of hydrazone groups is 1. The summed E-state index contributed by atoms with van der Waals surface area (Å²) in [6, 6.07) is 14.4. The summed E-state index contributed by atoms with van der Waals surface area (Å²) in [6.45, 7) is 2.44. The Kier molecular flexibility index (Phi) is 6.21. The zero-order valence-electron chi connectivity index (χ0n) is 16.1. The molecule has 5 nitrogen and oxygen atoms in total. The Hall–Kier alpha value is -2.57. The topological polar surface area (TPSA) is 78.9 Å². The number of carbonyl (C=O) groups excluding carboxylic acids is 1. The van der Waals surface area contributed by atoms with E-state index in [-0.39, 0.29) is 12.4 Å². The minimum absolute atomic E-state index is 0.0131. The first-order valence-corrected chi connectivity index (χ1v) is 9.60. The molecule has 0 fully saturated rings. The SMILES string of the molecule is CCC(=O)C1=NN(c2cc(CN)ccc2F)CC1(CCCO)c1ccccc1. The number of nitrogens with zero attached hydrogens (tertiary/aromatic N) is 2. The molecule has 1 unspecified atom stereocenters. The van der Waals surface area contributed by atoms with Crippen molar-refractivity contribution in [3.05, 3.63) is 65.5 Å². The number of benzene rings is 2. The van der Waals surface area contributed by atoms with Crippen LogP contribution >= 0.6 is 0 Å². The van der Waals surface area contributed by atoms with Gasteiger partial charge in [0.15, 0.2) is 5.78 Å². The van der Waals surface area contributed by atoms with Crippen molar-refractivity contribution in [1.82, 2.24) is 0 Å². The van der Waals surface area contributed by atoms with Crippen molar-refractivity contribution in [2.24, 2.45) is 10.8 Å². The molecule has 148 valence electrons. The number of hydrogen-bond acceptors (Lipinski definition) is 5. The molecule has 0 aromatic heterocycles. The van der Waals surface area contributed by atoms with Crippen LogP contribution in [0.2, 0.25) is 0 Å². The molecule has 0 saturated carbocycles. The quantitative estimate of drug-likeness (QED) is 0.734. The van der Waals surface area contributed by atoms with E-state index in [2.05, 4.69) is 5.10 Å². The Bertz CT molecular complexity index is 869. The maximum absolute atomic E-state index is 14.6. The summed E-state index contributed by atoms with van der Waals surface area (Å²) in [7, 11) is 0. The second-order valence-electron chi connectivity index (χ2n) is 7.05. The van der Waals surface area contributed by atoms with Gasteiger partial charge >= 0.3 is 0 Å². The van der Waals surface area contributed by atoms with Gasteiger partial charge in [-0.15, -0.1) is 0 Å². The zero-order valence-corrected chi connectivity index (χ0v) is 16.1. The predicted octanol–water partition coefficient (Wildman–Crippen LogP) is 3.15. The van der Waals surface area contributed by atoms with Crippen LogP contribution in [0.5, 0.6) is 0 Å². The van der Waals surface area contributed by atoms with Gasteiger partial charge in [0.05, 0.1) is 17.6 Å². The van der Waals surface area contributed by atoms with E-state index in [0.29, 0.717) is 43.8 Å². The molecule has 0 spiro atoms. The van der Waals surface area contributed by atoms with Crippen molar-refractivity contribution >= 4 is 17.2 Å². The lowest BCUT2D eigenvalue weighted by Gasteiger charge is -2.31. The molecule has 6 heteroatoms. The van der Waals surface area contributed by atoms with Crippen molar-refractivity contribution in [2.75, 3.05) is 18.2 Å². The van der Waals surface area contributed by atoms with Gasteiger partial charge in [0.1, 0.15) is 11.5 Å². The van der Waals surface area contributed by atoms with E-state index < -0.39 is 11.2 Å². The van der Waals surface area contributed by atoms with Crippen LogP contribution in [0.4, 0.5) is 10.1 Å². The van der Waals surface area contributed by atoms with E-state index in [9.17, 15) is 14.3 Å². The van der Waals surface area contributed by atoms with Crippen molar-refractivity contribution in [3.8, 4) is 0 Å². The lowest BCUT2D eigenvalue weighted by molar-refractivity contribution is -0.113. The van der Waals surface area contributed by atoms with Gasteiger partial charge in [-0.3, -0.25) is 9.80 Å². The Labute approximate surface area is 164 Å². The molecule has 0 saturated heterocycles. The minimum Gasteiger partial charge on any atom is -0.396 e. The summed E-state index contributed by atoms with van der Waals surface area (Å²) < 4.78 is 14.6. The van der Waals surface area contributed by atoms with Gasteiger partial charge in [0.25, 0.3) is 0 Å². The normalized spacial score (nSPS) is 19.0. The summed E-state index contributed by atoms with van der Waals surface area (Å²) in [5.41, 5.74) is 7.50. The summed E-state index contributed by atoms with van der Waals surface area (Å²) in [6.07, 6.45) is 1.38. The van der Waals surface area contributed by atoms with Crippen LogP contribution in [-0.4, -0.2) is 29.8 Å². The van der Waals surface area contributed by atoms with Gasteiger partial charge in [-0.1, -0.05) is 43.3 Å². The van der Waals surface area contributed by atoms with Crippen LogP contribution in [0.15, 0.2) is 53.6 Å². The average molecular weight is 383 g/mol. The van der Waals surface area contributed by atoms with Crippen LogP contribution in [0, 0.1) is 5.82 Å². The van der Waals surface area contributed by atoms with Crippen LogP contribution in [0.25, 0.3) is 0 Å². The van der Waals surface area contributed by atoms with Crippen LogP contribution in [-0.2, 0) is 16.8 Å². The Morgan fingerprint density at radius 3 is 2.68 bits per heavy atom. The highest BCUT2D eigenvalue weighted by Gasteiger charge is 2.47. The van der Waals surface area contributed by atoms with Gasteiger partial charge in [-0.2, -0.15) is 5.10 Å². The third-order valence-corrected chi connectivity index (χ3v) is 5.29. The molecule has 3 N–H and O–H groups in total. The van der Waals surface area contributed by atoms with Crippen molar-refractivity contribution < 1.29 is 14.3 Å². The highest BCUT2D eigenvalue weighted by atomic mass is 19.1. The maximum atomic E-state index is 14.6. The Balaban J connectivity index is 2.12. The molecule has 2 aromatic rings. The van der Waals surface area contributed by atoms with Gasteiger partial charge in [0, 0.05) is 19.6 Å². The molecule has 3 rings (SSSR count). The summed E-state index contributed by atoms with van der Waals surface area (Å²) in [5, 5.41) is 15.6. The molecule has 0 aliphatic carbocycles. The van der Waals surface area contributed by atoms with Crippen LogP contribution in [0.3, 0.4) is 0 Å². The highest BCUT2D eigenvalue weighted by molar-refractivity contribution is 6.44. The smallest absolute Gasteiger partial charge is 0.179 e. The number of aliphatic hydroxyl groups is 1. The first-order chi connectivity index (χ1) is 13.6. The van der Waals surface area contributed by atoms with Gasteiger partial charge in [-0.05, 0) is 36.1 Å². The number of Topliss-reactive ketones (excluding diaryl/α,β-unsaturated/α-hetero) is 1. The number of hydrogen-bond donors (Lipinski definition) is 2. The second-order valence-corrected chi connectivity index (χ2v) is 7.05. The number of anilines is 1. The number of ketones is 1. The van der Waals surface area contributed by atoms with E-state index in [1.807, 2.05) is 30.3 Å². The second kappa shape index (κ2) is 8.63. The minimum atomic E-state index is -0.692. The largest absolute Gasteiger partial charge is 0.396 e. The average Bonchev–Trinajstić information content (AvgIpc) is 3.13. The standard InChI is InChI=1S/C22H26FN3O2/c1-2-20(28)21-22(11-6-12-27,17-7-4-3-5-8-17)15-26(25-21)19-13-16(14-24)9-10-18(19)23/h3-5,7-10,13,27H,2,6,11-12,14-15,24H2,1H3. The molecule has 0 amide bonds. The summed E-state index contributed by atoms with van der Waals surface area (Å²) >= 11 is 0. The molecule has 1 heterocycles. The third-order valence-electron chi connectivity index (χ3n) is 5.29. The van der Waals surface area contributed by atoms with E-state index in [0.717, 1.165) is 11.1 Å². The fourth-order valence-electron chi connectivity index (χ4n) is 3.80. The first-order valence-electron chi connectivity index (χ1n) is 9.60. The molecule has 28 heavy (non-hydrogen) atoms. The monoisotopic (exact) mass is 383 g/mol. The molecule has 1 aliphatic rings.